The molecule has 25 heavy (non-hydrogen) atoms. The number of rotatable bonds is 6. The summed E-state index contributed by atoms with van der Waals surface area (Å²) >= 11 is 3.21. The Morgan fingerprint density at radius 2 is 2.08 bits per heavy atom. The van der Waals surface area contributed by atoms with Crippen molar-refractivity contribution in [1.82, 2.24) is 9.88 Å². The molecule has 2 aromatic heterocycles. The van der Waals surface area contributed by atoms with E-state index in [2.05, 4.69) is 17.1 Å². The van der Waals surface area contributed by atoms with E-state index in [4.69, 9.17) is 0 Å². The van der Waals surface area contributed by atoms with Crippen molar-refractivity contribution < 1.29 is 9.69 Å². The number of likely N-dealkylation sites (tertiary alicyclic amines) is 1. The summed E-state index contributed by atoms with van der Waals surface area (Å²) in [5, 5.41) is 4.13. The van der Waals surface area contributed by atoms with Crippen LogP contribution < -0.4 is 4.90 Å². The molecule has 1 amide bonds. The zero-order valence-corrected chi connectivity index (χ0v) is 15.7. The molecule has 1 aliphatic heterocycles. The number of thiophene rings is 1. The fourth-order valence-corrected chi connectivity index (χ4v) is 5.07. The Bertz CT molecular complexity index is 804. The Balaban J connectivity index is 1.53. The second kappa shape index (κ2) is 7.64. The van der Waals surface area contributed by atoms with Gasteiger partial charge in [-0.25, -0.2) is 4.98 Å². The lowest BCUT2D eigenvalue weighted by Gasteiger charge is -2.22. The van der Waals surface area contributed by atoms with Gasteiger partial charge < -0.3 is 9.80 Å². The highest BCUT2D eigenvalue weighted by molar-refractivity contribution is 7.20. The maximum absolute atomic E-state index is 13.1. The molecule has 0 atom stereocenters. The fraction of sp³-hybridized carbons (Fsp3) is 0.368. The van der Waals surface area contributed by atoms with Crippen molar-refractivity contribution >= 4 is 38.7 Å². The number of carbonyl (C=O) groups is 1. The molecule has 1 fully saturated rings. The highest BCUT2D eigenvalue weighted by Gasteiger charge is 2.22. The van der Waals surface area contributed by atoms with Crippen LogP contribution in [0.1, 0.15) is 27.5 Å². The number of quaternary nitrogens is 1. The van der Waals surface area contributed by atoms with Gasteiger partial charge in [0.2, 0.25) is 0 Å². The van der Waals surface area contributed by atoms with Crippen molar-refractivity contribution in [2.45, 2.75) is 19.4 Å². The van der Waals surface area contributed by atoms with E-state index in [1.165, 1.54) is 30.6 Å². The van der Waals surface area contributed by atoms with Crippen LogP contribution >= 0.6 is 22.7 Å². The molecule has 0 radical (unpaired) electrons. The van der Waals surface area contributed by atoms with Crippen LogP contribution in [0.2, 0.25) is 0 Å². The predicted octanol–water partition coefficient (Wildman–Crippen LogP) is 2.68. The molecule has 3 aromatic rings. The first-order valence-corrected chi connectivity index (χ1v) is 10.5. The molecule has 0 saturated carbocycles. The van der Waals surface area contributed by atoms with Gasteiger partial charge in [0.1, 0.15) is 5.01 Å². The van der Waals surface area contributed by atoms with Gasteiger partial charge >= 0.3 is 0 Å². The van der Waals surface area contributed by atoms with E-state index in [1.54, 1.807) is 27.6 Å². The van der Waals surface area contributed by atoms with Gasteiger partial charge in [-0.2, -0.15) is 0 Å². The van der Waals surface area contributed by atoms with Gasteiger partial charge in [-0.3, -0.25) is 4.79 Å². The number of amides is 1. The average Bonchev–Trinajstić information content (AvgIpc) is 3.39. The number of carbonyl (C=O) groups excluding carboxylic acids is 1. The summed E-state index contributed by atoms with van der Waals surface area (Å²) in [5.41, 5.74) is 0. The van der Waals surface area contributed by atoms with E-state index in [9.17, 15) is 4.79 Å². The first kappa shape index (κ1) is 16.7. The smallest absolute Gasteiger partial charge is 0.264 e. The number of hydrogen-bond acceptors (Lipinski definition) is 4. The predicted molar refractivity (Wildman–Crippen MR) is 103 cm³/mol. The number of aromatic nitrogens is 1. The van der Waals surface area contributed by atoms with Crippen molar-refractivity contribution in [3.63, 3.8) is 0 Å². The minimum atomic E-state index is 0.134. The number of hydrogen-bond donors (Lipinski definition) is 1. The highest BCUT2D eigenvalue weighted by Crippen LogP contribution is 2.26. The number of nitrogens with zero attached hydrogens (tertiary/aromatic N) is 2. The molecule has 3 heterocycles. The summed E-state index contributed by atoms with van der Waals surface area (Å²) in [4.78, 5) is 22.0. The van der Waals surface area contributed by atoms with Crippen LogP contribution in [-0.4, -0.2) is 42.0 Å². The standard InChI is InChI=1S/C19H21N3OS2/c23-19(17-13-15-5-1-2-6-16(15)25-17)22(14-18-20-7-12-24-18)11-10-21-8-3-4-9-21/h1-2,5-7,12-13H,3-4,8-11,14H2/p+1. The third-order valence-corrected chi connectivity index (χ3v) is 6.65. The summed E-state index contributed by atoms with van der Waals surface area (Å²) < 4.78 is 1.17. The normalized spacial score (nSPS) is 15.0. The van der Waals surface area contributed by atoms with E-state index >= 15 is 0 Å². The summed E-state index contributed by atoms with van der Waals surface area (Å²) in [6.45, 7) is 4.91. The van der Waals surface area contributed by atoms with Crippen LogP contribution in [0.15, 0.2) is 41.9 Å². The van der Waals surface area contributed by atoms with Crippen molar-refractivity contribution in [2.24, 2.45) is 0 Å². The molecule has 0 bridgehead atoms. The number of benzene rings is 1. The Morgan fingerprint density at radius 1 is 1.24 bits per heavy atom. The van der Waals surface area contributed by atoms with Gasteiger partial charge in [0.25, 0.3) is 5.91 Å². The maximum Gasteiger partial charge on any atom is 0.264 e. The molecule has 4 rings (SSSR count). The Kier molecular flexibility index (Phi) is 5.10. The summed E-state index contributed by atoms with van der Waals surface area (Å²) in [6, 6.07) is 10.2. The molecule has 0 unspecified atom stereocenters. The van der Waals surface area contributed by atoms with Crippen LogP contribution in [0.3, 0.4) is 0 Å². The largest absolute Gasteiger partial charge is 0.333 e. The zero-order valence-electron chi connectivity index (χ0n) is 14.1. The summed E-state index contributed by atoms with van der Waals surface area (Å²) in [5.74, 6) is 0.134. The van der Waals surface area contributed by atoms with Crippen LogP contribution in [0.4, 0.5) is 0 Å². The van der Waals surface area contributed by atoms with Gasteiger partial charge in [-0.05, 0) is 17.5 Å². The topological polar surface area (TPSA) is 37.6 Å². The Morgan fingerprint density at radius 3 is 2.84 bits per heavy atom. The van der Waals surface area contributed by atoms with Gasteiger partial charge in [-0.1, -0.05) is 18.2 Å². The molecule has 1 aromatic carbocycles. The van der Waals surface area contributed by atoms with Gasteiger partial charge in [0.05, 0.1) is 37.6 Å². The van der Waals surface area contributed by atoms with Crippen molar-refractivity contribution in [3.8, 4) is 0 Å². The molecule has 1 saturated heterocycles. The molecule has 130 valence electrons. The molecular formula is C19H22N3OS2+. The molecule has 1 N–H and O–H groups in total. The van der Waals surface area contributed by atoms with Crippen LogP contribution in [-0.2, 0) is 6.54 Å². The van der Waals surface area contributed by atoms with E-state index < -0.39 is 0 Å². The molecule has 6 heteroatoms. The molecule has 1 aliphatic rings. The second-order valence-electron chi connectivity index (χ2n) is 6.51. The average molecular weight is 373 g/mol. The first-order valence-electron chi connectivity index (χ1n) is 8.79. The van der Waals surface area contributed by atoms with Crippen molar-refractivity contribution in [1.29, 1.82) is 0 Å². The third kappa shape index (κ3) is 3.92. The third-order valence-electron chi connectivity index (χ3n) is 4.78. The Hall–Kier alpha value is -1.76. The fourth-order valence-electron chi connectivity index (χ4n) is 3.41. The molecule has 0 spiro atoms. The Labute approximate surface area is 155 Å². The van der Waals surface area contributed by atoms with Crippen LogP contribution in [0.5, 0.6) is 0 Å². The van der Waals surface area contributed by atoms with Gasteiger partial charge in [0.15, 0.2) is 0 Å². The minimum Gasteiger partial charge on any atom is -0.333 e. The maximum atomic E-state index is 13.1. The molecule has 4 nitrogen and oxygen atoms in total. The lowest BCUT2D eigenvalue weighted by atomic mass is 10.2. The minimum absolute atomic E-state index is 0.134. The molecular weight excluding hydrogens is 350 g/mol. The number of thiazole rings is 1. The SMILES string of the molecule is O=C(c1cc2ccccc2s1)N(CC[NH+]1CCCC1)Cc1nccs1. The quantitative estimate of drug-likeness (QED) is 0.722. The van der Waals surface area contributed by atoms with E-state index in [-0.39, 0.29) is 5.91 Å². The van der Waals surface area contributed by atoms with Crippen LogP contribution in [0, 0.1) is 0 Å². The monoisotopic (exact) mass is 372 g/mol. The van der Waals surface area contributed by atoms with Crippen LogP contribution in [0.25, 0.3) is 10.1 Å². The van der Waals surface area contributed by atoms with Gasteiger partial charge in [0, 0.05) is 29.1 Å². The van der Waals surface area contributed by atoms with E-state index in [0.717, 1.165) is 28.4 Å². The lowest BCUT2D eigenvalue weighted by molar-refractivity contribution is -0.886. The zero-order chi connectivity index (χ0) is 17.1. The highest BCUT2D eigenvalue weighted by atomic mass is 32.1. The second-order valence-corrected chi connectivity index (χ2v) is 8.57. The summed E-state index contributed by atoms with van der Waals surface area (Å²) in [6.07, 6.45) is 4.44. The van der Waals surface area contributed by atoms with Crippen molar-refractivity contribution in [2.75, 3.05) is 26.2 Å². The van der Waals surface area contributed by atoms with Crippen molar-refractivity contribution in [3.05, 3.63) is 51.8 Å². The summed E-state index contributed by atoms with van der Waals surface area (Å²) in [7, 11) is 0. The molecule has 0 aliphatic carbocycles. The van der Waals surface area contributed by atoms with Gasteiger partial charge in [-0.15, -0.1) is 22.7 Å². The number of fused-ring (bicyclic) bond motifs is 1. The van der Waals surface area contributed by atoms with E-state index in [0.29, 0.717) is 6.54 Å². The lowest BCUT2D eigenvalue weighted by Crippen LogP contribution is -3.10. The number of nitrogens with one attached hydrogen (secondary N) is 1. The first-order chi connectivity index (χ1) is 12.3. The van der Waals surface area contributed by atoms with E-state index in [1.807, 2.05) is 34.7 Å².